The topological polar surface area (TPSA) is 135 Å². The summed E-state index contributed by atoms with van der Waals surface area (Å²) in [6.07, 6.45) is 2.88. The number of hydrogen-bond donors (Lipinski definition) is 3. The van der Waals surface area contributed by atoms with E-state index in [4.69, 9.17) is 15.1 Å². The molecule has 4 N–H and O–H groups in total. The molecule has 2 aromatic rings. The molecule has 2 aliphatic rings. The van der Waals surface area contributed by atoms with E-state index in [9.17, 15) is 15.1 Å². The lowest BCUT2D eigenvalue weighted by Gasteiger charge is -2.26. The molecular weight excluding hydrogens is 361 g/mol. The van der Waals surface area contributed by atoms with Crippen molar-refractivity contribution in [2.45, 2.75) is 18.9 Å². The van der Waals surface area contributed by atoms with E-state index in [2.05, 4.69) is 16.5 Å². The van der Waals surface area contributed by atoms with Gasteiger partial charge in [0.1, 0.15) is 5.56 Å². The molecule has 0 bridgehead atoms. The molecule has 1 saturated heterocycles. The Labute approximate surface area is 162 Å². The fourth-order valence-corrected chi connectivity index (χ4v) is 3.61. The fourth-order valence-electron chi connectivity index (χ4n) is 3.61. The average molecular weight is 381 g/mol. The standard InChI is InChI=1S/C18H20BN5O4/c20-8-12-3-5-27-10-16(12)24-9-14(17(21)25)18(23-24)22-13-2-1-11-4-6-28-19(26)15(11)7-13/h1-2,7,9,12,16,26H,3-6,10H2,(H2,21,25)(H,22,23)/t12?,16-/m0/s1. The van der Waals surface area contributed by atoms with E-state index in [0.29, 0.717) is 43.2 Å². The maximum Gasteiger partial charge on any atom is 0.491 e. The van der Waals surface area contributed by atoms with Crippen molar-refractivity contribution in [2.75, 3.05) is 25.1 Å². The number of nitrogens with zero attached hydrogens (tertiary/aromatic N) is 3. The van der Waals surface area contributed by atoms with Crippen LogP contribution in [0.1, 0.15) is 28.4 Å². The highest BCUT2D eigenvalue weighted by Gasteiger charge is 2.30. The van der Waals surface area contributed by atoms with Gasteiger partial charge in [0.2, 0.25) is 0 Å². The van der Waals surface area contributed by atoms with Gasteiger partial charge in [0.15, 0.2) is 5.82 Å². The van der Waals surface area contributed by atoms with E-state index < -0.39 is 13.0 Å². The van der Waals surface area contributed by atoms with Crippen molar-refractivity contribution in [2.24, 2.45) is 11.7 Å². The maximum absolute atomic E-state index is 11.9. The molecule has 9 nitrogen and oxygen atoms in total. The van der Waals surface area contributed by atoms with Crippen molar-refractivity contribution in [3.63, 3.8) is 0 Å². The summed E-state index contributed by atoms with van der Waals surface area (Å²) in [5.41, 5.74) is 8.08. The van der Waals surface area contributed by atoms with Gasteiger partial charge in [-0.2, -0.15) is 10.4 Å². The lowest BCUT2D eigenvalue weighted by atomic mass is 9.73. The summed E-state index contributed by atoms with van der Waals surface area (Å²) in [4.78, 5) is 11.9. The lowest BCUT2D eigenvalue weighted by molar-refractivity contribution is 0.0342. The average Bonchev–Trinajstić information content (AvgIpc) is 3.12. The van der Waals surface area contributed by atoms with Gasteiger partial charge in [-0.15, -0.1) is 0 Å². The van der Waals surface area contributed by atoms with Crippen LogP contribution < -0.4 is 16.5 Å². The Hall–Kier alpha value is -2.87. The van der Waals surface area contributed by atoms with Crippen LogP contribution in [-0.2, 0) is 15.8 Å². The van der Waals surface area contributed by atoms with E-state index in [1.54, 1.807) is 16.9 Å². The van der Waals surface area contributed by atoms with E-state index in [1.165, 1.54) is 0 Å². The van der Waals surface area contributed by atoms with Gasteiger partial charge in [0.05, 0.1) is 24.6 Å². The highest BCUT2D eigenvalue weighted by atomic mass is 16.5. The first-order valence-electron chi connectivity index (χ1n) is 9.12. The number of aromatic nitrogens is 2. The maximum atomic E-state index is 11.9. The molecule has 0 saturated carbocycles. The van der Waals surface area contributed by atoms with Crippen LogP contribution in [-0.4, -0.2) is 47.7 Å². The molecule has 1 aromatic carbocycles. The Morgan fingerprint density at radius 2 is 2.32 bits per heavy atom. The summed E-state index contributed by atoms with van der Waals surface area (Å²) in [5, 5.41) is 27.0. The summed E-state index contributed by atoms with van der Waals surface area (Å²) in [6, 6.07) is 7.52. The summed E-state index contributed by atoms with van der Waals surface area (Å²) >= 11 is 0. The Bertz CT molecular complexity index is 941. The Balaban J connectivity index is 1.64. The third-order valence-corrected chi connectivity index (χ3v) is 5.15. The van der Waals surface area contributed by atoms with Crippen LogP contribution >= 0.6 is 0 Å². The highest BCUT2D eigenvalue weighted by molar-refractivity contribution is 6.61. The first-order valence-corrected chi connectivity index (χ1v) is 9.12. The minimum atomic E-state index is -0.977. The minimum Gasteiger partial charge on any atom is -0.423 e. The SMILES string of the molecule is N#CC1CCOC[C@@H]1n1cc(C(N)=O)c(Nc2ccc3c(c2)B(O)OCC3)n1. The van der Waals surface area contributed by atoms with Crippen molar-refractivity contribution in [1.29, 1.82) is 5.26 Å². The quantitative estimate of drug-likeness (QED) is 0.639. The van der Waals surface area contributed by atoms with Gasteiger partial charge in [-0.3, -0.25) is 9.48 Å². The number of fused-ring (bicyclic) bond motifs is 1. The second-order valence-corrected chi connectivity index (χ2v) is 6.91. The van der Waals surface area contributed by atoms with Gasteiger partial charge in [-0.05, 0) is 36.0 Å². The number of hydrogen-bond acceptors (Lipinski definition) is 7. The van der Waals surface area contributed by atoms with E-state index in [1.807, 2.05) is 12.1 Å². The number of nitrogens with one attached hydrogen (secondary N) is 1. The second-order valence-electron chi connectivity index (χ2n) is 6.91. The molecule has 0 spiro atoms. The van der Waals surface area contributed by atoms with Gasteiger partial charge in [0.25, 0.3) is 5.91 Å². The Kier molecular flexibility index (Phi) is 5.04. The molecular formula is C18H20BN5O4. The van der Waals surface area contributed by atoms with E-state index >= 15 is 0 Å². The van der Waals surface area contributed by atoms with E-state index in [-0.39, 0.29) is 17.5 Å². The van der Waals surface area contributed by atoms with Crippen molar-refractivity contribution in [3.8, 4) is 6.07 Å². The number of rotatable bonds is 4. The number of anilines is 2. The van der Waals surface area contributed by atoms with Crippen LogP contribution in [0.25, 0.3) is 0 Å². The molecule has 1 fully saturated rings. The first kappa shape index (κ1) is 18.5. The number of benzene rings is 1. The molecule has 1 amide bonds. The summed E-state index contributed by atoms with van der Waals surface area (Å²) in [6.45, 7) is 1.35. The largest absolute Gasteiger partial charge is 0.491 e. The highest BCUT2D eigenvalue weighted by Crippen LogP contribution is 2.28. The molecule has 1 aromatic heterocycles. The molecule has 28 heavy (non-hydrogen) atoms. The number of ether oxygens (including phenoxy) is 1. The Morgan fingerprint density at radius 3 is 3.11 bits per heavy atom. The molecule has 10 heteroatoms. The molecule has 2 atom stereocenters. The van der Waals surface area contributed by atoms with Crippen molar-refractivity contribution >= 4 is 30.0 Å². The van der Waals surface area contributed by atoms with Crippen molar-refractivity contribution in [3.05, 3.63) is 35.5 Å². The number of amides is 1. The zero-order chi connectivity index (χ0) is 19.7. The third-order valence-electron chi connectivity index (χ3n) is 5.15. The molecule has 1 unspecified atom stereocenters. The summed E-state index contributed by atoms with van der Waals surface area (Å²) in [7, 11) is -0.977. The first-order chi connectivity index (χ1) is 13.6. The summed E-state index contributed by atoms with van der Waals surface area (Å²) < 4.78 is 12.3. The van der Waals surface area contributed by atoms with Crippen LogP contribution in [0.15, 0.2) is 24.4 Å². The molecule has 4 rings (SSSR count). The number of nitriles is 1. The monoisotopic (exact) mass is 381 g/mol. The van der Waals surface area contributed by atoms with Gasteiger partial charge in [-0.25, -0.2) is 0 Å². The minimum absolute atomic E-state index is 0.219. The molecule has 2 aliphatic heterocycles. The van der Waals surface area contributed by atoms with Crippen molar-refractivity contribution < 1.29 is 19.2 Å². The van der Waals surface area contributed by atoms with Gasteiger partial charge < -0.3 is 25.5 Å². The van der Waals surface area contributed by atoms with Crippen LogP contribution in [0, 0.1) is 17.2 Å². The van der Waals surface area contributed by atoms with Gasteiger partial charge in [0, 0.05) is 25.1 Å². The fraction of sp³-hybridized carbons (Fsp3) is 0.389. The number of primary amides is 1. The normalized spacial score (nSPS) is 21.6. The second kappa shape index (κ2) is 7.63. The smallest absolute Gasteiger partial charge is 0.423 e. The zero-order valence-electron chi connectivity index (χ0n) is 15.2. The van der Waals surface area contributed by atoms with Gasteiger partial charge in [-0.1, -0.05) is 6.07 Å². The molecule has 0 aliphatic carbocycles. The molecule has 144 valence electrons. The predicted molar refractivity (Wildman–Crippen MR) is 101 cm³/mol. The van der Waals surface area contributed by atoms with Crippen LogP contribution in [0.4, 0.5) is 11.5 Å². The summed E-state index contributed by atoms with van der Waals surface area (Å²) in [5.74, 6) is -0.584. The van der Waals surface area contributed by atoms with E-state index in [0.717, 1.165) is 12.0 Å². The van der Waals surface area contributed by atoms with Crippen LogP contribution in [0.3, 0.4) is 0 Å². The van der Waals surface area contributed by atoms with Crippen LogP contribution in [0.5, 0.6) is 0 Å². The third kappa shape index (κ3) is 3.47. The number of carbonyl (C=O) groups excluding carboxylic acids is 1. The van der Waals surface area contributed by atoms with Gasteiger partial charge >= 0.3 is 7.12 Å². The predicted octanol–water partition coefficient (Wildman–Crippen LogP) is 0.0870. The lowest BCUT2D eigenvalue weighted by Crippen LogP contribution is -2.41. The zero-order valence-corrected chi connectivity index (χ0v) is 15.2. The number of nitrogens with two attached hydrogens (primary N) is 1. The Morgan fingerprint density at radius 1 is 1.46 bits per heavy atom. The number of carbonyl (C=O) groups is 1. The molecule has 0 radical (unpaired) electrons. The van der Waals surface area contributed by atoms with Crippen LogP contribution in [0.2, 0.25) is 0 Å². The molecule has 3 heterocycles. The van der Waals surface area contributed by atoms with Crippen molar-refractivity contribution in [1.82, 2.24) is 9.78 Å².